The SMILES string of the molecule is O=[N+]([O-])c1ccc(C#CI)c([N+](=O)[O-])c1. The zero-order chi connectivity index (χ0) is 11.4. The van der Waals surface area contributed by atoms with Gasteiger partial charge in [0.1, 0.15) is 5.56 Å². The summed E-state index contributed by atoms with van der Waals surface area (Å²) in [6, 6.07) is 3.35. The van der Waals surface area contributed by atoms with Gasteiger partial charge in [0.15, 0.2) is 0 Å². The molecular formula is C8H3IN2O4. The second kappa shape index (κ2) is 4.70. The molecule has 0 radical (unpaired) electrons. The first-order chi connectivity index (χ1) is 7.06. The first-order valence-corrected chi connectivity index (χ1v) is 4.68. The fraction of sp³-hybridized carbons (Fsp3) is 0. The lowest BCUT2D eigenvalue weighted by molar-refractivity contribution is -0.394. The summed E-state index contributed by atoms with van der Waals surface area (Å²) in [6.45, 7) is 0. The molecule has 0 atom stereocenters. The van der Waals surface area contributed by atoms with Crippen molar-refractivity contribution in [2.75, 3.05) is 0 Å². The molecule has 0 N–H and O–H groups in total. The minimum Gasteiger partial charge on any atom is -0.258 e. The Morgan fingerprint density at radius 3 is 2.33 bits per heavy atom. The van der Waals surface area contributed by atoms with Crippen molar-refractivity contribution < 1.29 is 9.85 Å². The molecule has 0 bridgehead atoms. The van der Waals surface area contributed by atoms with E-state index < -0.39 is 9.85 Å². The molecule has 15 heavy (non-hydrogen) atoms. The van der Waals surface area contributed by atoms with Crippen LogP contribution in [-0.2, 0) is 0 Å². The first-order valence-electron chi connectivity index (χ1n) is 3.60. The maximum absolute atomic E-state index is 10.6. The number of hydrogen-bond acceptors (Lipinski definition) is 4. The number of benzene rings is 1. The molecule has 7 heteroatoms. The van der Waals surface area contributed by atoms with E-state index in [-0.39, 0.29) is 16.9 Å². The lowest BCUT2D eigenvalue weighted by Crippen LogP contribution is -1.95. The number of halogens is 1. The number of nitro benzene ring substituents is 2. The van der Waals surface area contributed by atoms with Crippen LogP contribution in [0.5, 0.6) is 0 Å². The van der Waals surface area contributed by atoms with E-state index in [2.05, 4.69) is 9.85 Å². The van der Waals surface area contributed by atoms with Gasteiger partial charge >= 0.3 is 0 Å². The smallest absolute Gasteiger partial charge is 0.258 e. The van der Waals surface area contributed by atoms with Gasteiger partial charge in [-0.1, -0.05) is 0 Å². The highest BCUT2D eigenvalue weighted by Crippen LogP contribution is 2.23. The normalized spacial score (nSPS) is 8.87. The molecule has 0 aliphatic carbocycles. The van der Waals surface area contributed by atoms with Gasteiger partial charge in [0.25, 0.3) is 11.4 Å². The zero-order valence-corrected chi connectivity index (χ0v) is 9.29. The van der Waals surface area contributed by atoms with Crippen LogP contribution in [0, 0.1) is 30.1 Å². The van der Waals surface area contributed by atoms with Crippen LogP contribution in [0.4, 0.5) is 11.4 Å². The van der Waals surface area contributed by atoms with Gasteiger partial charge in [-0.2, -0.15) is 0 Å². The highest BCUT2D eigenvalue weighted by atomic mass is 127. The highest BCUT2D eigenvalue weighted by molar-refractivity contribution is 14.1. The van der Waals surface area contributed by atoms with Gasteiger partial charge in [0.2, 0.25) is 0 Å². The molecule has 1 rings (SSSR count). The lowest BCUT2D eigenvalue weighted by atomic mass is 10.2. The Balaban J connectivity index is 3.37. The molecule has 0 heterocycles. The fourth-order valence-electron chi connectivity index (χ4n) is 0.941. The summed E-state index contributed by atoms with van der Waals surface area (Å²) in [7, 11) is 0. The average molecular weight is 318 g/mol. The Hall–Kier alpha value is -1.69. The van der Waals surface area contributed by atoms with Crippen molar-refractivity contribution in [3.63, 3.8) is 0 Å². The monoisotopic (exact) mass is 318 g/mol. The first kappa shape index (κ1) is 11.4. The second-order valence-corrected chi connectivity index (χ2v) is 2.97. The second-order valence-electron chi connectivity index (χ2n) is 2.44. The van der Waals surface area contributed by atoms with Gasteiger partial charge in [-0.05, 0) is 15.9 Å². The average Bonchev–Trinajstić information content (AvgIpc) is 2.18. The molecule has 0 aromatic heterocycles. The van der Waals surface area contributed by atoms with E-state index in [0.29, 0.717) is 0 Å². The van der Waals surface area contributed by atoms with Crippen LogP contribution in [0.25, 0.3) is 0 Å². The zero-order valence-electron chi connectivity index (χ0n) is 7.14. The van der Waals surface area contributed by atoms with E-state index in [0.717, 1.165) is 6.07 Å². The van der Waals surface area contributed by atoms with E-state index in [1.165, 1.54) is 12.1 Å². The Labute approximate surface area is 97.7 Å². The topological polar surface area (TPSA) is 86.3 Å². The Morgan fingerprint density at radius 2 is 1.87 bits per heavy atom. The van der Waals surface area contributed by atoms with Crippen LogP contribution >= 0.6 is 22.6 Å². The van der Waals surface area contributed by atoms with E-state index in [4.69, 9.17) is 0 Å². The van der Waals surface area contributed by atoms with Crippen molar-refractivity contribution in [3.05, 3.63) is 44.0 Å². The van der Waals surface area contributed by atoms with Crippen LogP contribution in [-0.4, -0.2) is 9.85 Å². The maximum Gasteiger partial charge on any atom is 0.291 e. The maximum atomic E-state index is 10.6. The quantitative estimate of drug-likeness (QED) is 0.362. The standard InChI is InChI=1S/C8H3IN2O4/c9-4-3-6-1-2-7(10(12)13)5-8(6)11(14)15/h1-2,5H. The van der Waals surface area contributed by atoms with Gasteiger partial charge in [-0.15, -0.1) is 0 Å². The lowest BCUT2D eigenvalue weighted by Gasteiger charge is -1.95. The van der Waals surface area contributed by atoms with Crippen LogP contribution in [0.1, 0.15) is 5.56 Å². The summed E-state index contributed by atoms with van der Waals surface area (Å²) in [5.41, 5.74) is -0.505. The van der Waals surface area contributed by atoms with Crippen LogP contribution in [0.3, 0.4) is 0 Å². The van der Waals surface area contributed by atoms with Crippen molar-refractivity contribution in [3.8, 4) is 9.85 Å². The summed E-state index contributed by atoms with van der Waals surface area (Å²) in [5.74, 6) is 2.50. The van der Waals surface area contributed by atoms with Gasteiger partial charge in [0, 0.05) is 28.7 Å². The van der Waals surface area contributed by atoms with Crippen LogP contribution in [0.15, 0.2) is 18.2 Å². The molecule has 0 fully saturated rings. The third kappa shape index (κ3) is 2.63. The molecule has 0 unspecified atom stereocenters. The number of nitrogens with zero attached hydrogens (tertiary/aromatic N) is 2. The Bertz CT molecular complexity index is 489. The van der Waals surface area contributed by atoms with E-state index in [1.54, 1.807) is 22.6 Å². The Morgan fingerprint density at radius 1 is 1.20 bits per heavy atom. The van der Waals surface area contributed by atoms with Crippen molar-refractivity contribution in [2.45, 2.75) is 0 Å². The molecule has 1 aromatic carbocycles. The van der Waals surface area contributed by atoms with Gasteiger partial charge in [-0.25, -0.2) is 0 Å². The molecule has 0 aliphatic rings. The summed E-state index contributed by atoms with van der Waals surface area (Å²) >= 11 is 1.74. The highest BCUT2D eigenvalue weighted by Gasteiger charge is 2.17. The van der Waals surface area contributed by atoms with Gasteiger partial charge in [0.05, 0.1) is 15.9 Å². The largest absolute Gasteiger partial charge is 0.291 e. The molecular weight excluding hydrogens is 315 g/mol. The number of hydrogen-bond donors (Lipinski definition) is 0. The third-order valence-corrected chi connectivity index (χ3v) is 1.84. The van der Waals surface area contributed by atoms with E-state index in [1.807, 2.05) is 0 Å². The molecule has 0 saturated heterocycles. The van der Waals surface area contributed by atoms with E-state index >= 15 is 0 Å². The van der Waals surface area contributed by atoms with Gasteiger partial charge in [-0.3, -0.25) is 20.2 Å². The minimum atomic E-state index is -0.691. The predicted molar refractivity (Wildman–Crippen MR) is 60.6 cm³/mol. The number of non-ortho nitro benzene ring substituents is 1. The molecule has 0 spiro atoms. The Kier molecular flexibility index (Phi) is 3.56. The van der Waals surface area contributed by atoms with Crippen molar-refractivity contribution in [1.29, 1.82) is 0 Å². The van der Waals surface area contributed by atoms with E-state index in [9.17, 15) is 20.2 Å². The molecule has 76 valence electrons. The van der Waals surface area contributed by atoms with Crippen LogP contribution in [0.2, 0.25) is 0 Å². The minimum absolute atomic E-state index is 0.167. The molecule has 0 aliphatic heterocycles. The number of nitro groups is 2. The van der Waals surface area contributed by atoms with Crippen molar-refractivity contribution >= 4 is 34.0 Å². The fourth-order valence-corrected chi connectivity index (χ4v) is 1.23. The van der Waals surface area contributed by atoms with Gasteiger partial charge < -0.3 is 0 Å². The third-order valence-electron chi connectivity index (χ3n) is 1.57. The molecule has 0 saturated carbocycles. The molecule has 0 amide bonds. The number of rotatable bonds is 2. The summed E-state index contributed by atoms with van der Waals surface area (Å²) in [4.78, 5) is 19.6. The predicted octanol–water partition coefficient (Wildman–Crippen LogP) is 2.25. The summed E-state index contributed by atoms with van der Waals surface area (Å²) < 4.78 is 2.47. The molecule has 6 nitrogen and oxygen atoms in total. The van der Waals surface area contributed by atoms with Crippen molar-refractivity contribution in [2.24, 2.45) is 0 Å². The van der Waals surface area contributed by atoms with Crippen molar-refractivity contribution in [1.82, 2.24) is 0 Å². The summed E-state index contributed by atoms with van der Waals surface area (Å²) in [5, 5.41) is 21.0. The van der Waals surface area contributed by atoms with Crippen LogP contribution < -0.4 is 0 Å². The molecule has 1 aromatic rings. The summed E-state index contributed by atoms with van der Waals surface area (Å²) in [6.07, 6.45) is 0.